The van der Waals surface area contributed by atoms with Crippen molar-refractivity contribution in [3.63, 3.8) is 0 Å². The topological polar surface area (TPSA) is 102 Å². The molecule has 0 atom stereocenters. The van der Waals surface area contributed by atoms with Crippen molar-refractivity contribution in [1.82, 2.24) is 14.6 Å². The molecule has 1 saturated heterocycles. The molecule has 2 heterocycles. The molecule has 1 aliphatic heterocycles. The third-order valence-corrected chi connectivity index (χ3v) is 6.42. The Hall–Kier alpha value is -1.94. The minimum absolute atomic E-state index is 0.0696. The molecule has 152 valence electrons. The Balaban J connectivity index is 1.41. The van der Waals surface area contributed by atoms with E-state index in [4.69, 9.17) is 20.8 Å². The standard InChI is InChI=1S/C18H22ClN3O5S/c19-15-3-1-14(2-4-15)16-13-21-18(27-16)6-5-17(23)20-7-12-28(24,25)22-8-10-26-11-9-22/h1-4,13H,5-12H2,(H,20,23). The number of hydrogen-bond donors (Lipinski definition) is 1. The zero-order chi connectivity index (χ0) is 20.0. The van der Waals surface area contributed by atoms with Gasteiger partial charge in [0, 0.05) is 43.1 Å². The number of sulfonamides is 1. The zero-order valence-corrected chi connectivity index (χ0v) is 16.8. The second kappa shape index (κ2) is 9.51. The molecule has 1 aliphatic rings. The van der Waals surface area contributed by atoms with Gasteiger partial charge in [-0.05, 0) is 24.3 Å². The number of rotatable bonds is 8. The first-order valence-corrected chi connectivity index (χ1v) is 11.0. The molecule has 1 fully saturated rings. The van der Waals surface area contributed by atoms with Crippen LogP contribution in [0.4, 0.5) is 0 Å². The highest BCUT2D eigenvalue weighted by Crippen LogP contribution is 2.22. The largest absolute Gasteiger partial charge is 0.441 e. The summed E-state index contributed by atoms with van der Waals surface area (Å²) in [5.41, 5.74) is 0.848. The fourth-order valence-corrected chi connectivity index (χ4v) is 4.21. The van der Waals surface area contributed by atoms with Gasteiger partial charge in [0.05, 0.1) is 25.2 Å². The summed E-state index contributed by atoms with van der Waals surface area (Å²) in [7, 11) is -3.38. The number of oxazole rings is 1. The van der Waals surface area contributed by atoms with Crippen molar-refractivity contribution in [2.24, 2.45) is 0 Å². The highest BCUT2D eigenvalue weighted by atomic mass is 35.5. The molecule has 1 amide bonds. The van der Waals surface area contributed by atoms with E-state index in [1.807, 2.05) is 12.1 Å². The van der Waals surface area contributed by atoms with Crippen molar-refractivity contribution in [3.8, 4) is 11.3 Å². The van der Waals surface area contributed by atoms with Gasteiger partial charge < -0.3 is 14.5 Å². The SMILES string of the molecule is O=C(CCc1ncc(-c2ccc(Cl)cc2)o1)NCCS(=O)(=O)N1CCOCC1. The van der Waals surface area contributed by atoms with E-state index in [9.17, 15) is 13.2 Å². The number of carbonyl (C=O) groups is 1. The first kappa shape index (κ1) is 20.8. The minimum Gasteiger partial charge on any atom is -0.441 e. The summed E-state index contributed by atoms with van der Waals surface area (Å²) in [6.07, 6.45) is 2.10. The van der Waals surface area contributed by atoms with Gasteiger partial charge in [-0.15, -0.1) is 0 Å². The van der Waals surface area contributed by atoms with Gasteiger partial charge in [0.1, 0.15) is 0 Å². The Labute approximate surface area is 168 Å². The van der Waals surface area contributed by atoms with E-state index in [0.717, 1.165) is 5.56 Å². The number of aryl methyl sites for hydroxylation is 1. The maximum absolute atomic E-state index is 12.2. The van der Waals surface area contributed by atoms with Crippen LogP contribution in [0.25, 0.3) is 11.3 Å². The fraction of sp³-hybridized carbons (Fsp3) is 0.444. The van der Waals surface area contributed by atoms with Gasteiger partial charge in [-0.3, -0.25) is 4.79 Å². The van der Waals surface area contributed by atoms with Crippen LogP contribution >= 0.6 is 11.6 Å². The van der Waals surface area contributed by atoms with Crippen LogP contribution in [0.2, 0.25) is 5.02 Å². The first-order valence-electron chi connectivity index (χ1n) is 8.97. The van der Waals surface area contributed by atoms with Crippen LogP contribution < -0.4 is 5.32 Å². The highest BCUT2D eigenvalue weighted by molar-refractivity contribution is 7.89. The van der Waals surface area contributed by atoms with Crippen LogP contribution in [0.5, 0.6) is 0 Å². The molecule has 1 aromatic carbocycles. The summed E-state index contributed by atoms with van der Waals surface area (Å²) in [6, 6.07) is 7.18. The third kappa shape index (κ3) is 5.78. The quantitative estimate of drug-likeness (QED) is 0.688. The molecule has 0 unspecified atom stereocenters. The Morgan fingerprint density at radius 3 is 2.64 bits per heavy atom. The third-order valence-electron chi connectivity index (χ3n) is 4.29. The molecule has 2 aromatic rings. The molecule has 1 N–H and O–H groups in total. The van der Waals surface area contributed by atoms with Crippen LogP contribution in [-0.4, -0.2) is 62.2 Å². The maximum Gasteiger partial charge on any atom is 0.220 e. The van der Waals surface area contributed by atoms with Gasteiger partial charge in [0.2, 0.25) is 15.9 Å². The lowest BCUT2D eigenvalue weighted by atomic mass is 10.2. The first-order chi connectivity index (χ1) is 13.4. The van der Waals surface area contributed by atoms with E-state index in [2.05, 4.69) is 10.3 Å². The van der Waals surface area contributed by atoms with E-state index in [1.54, 1.807) is 18.3 Å². The van der Waals surface area contributed by atoms with E-state index in [-0.39, 0.29) is 24.6 Å². The summed E-state index contributed by atoms with van der Waals surface area (Å²) >= 11 is 5.87. The van der Waals surface area contributed by atoms with E-state index < -0.39 is 10.0 Å². The molecule has 3 rings (SSSR count). The molecule has 10 heteroatoms. The number of morpholine rings is 1. The summed E-state index contributed by atoms with van der Waals surface area (Å²) in [5.74, 6) is 0.673. The molecule has 0 aliphatic carbocycles. The minimum atomic E-state index is -3.38. The summed E-state index contributed by atoms with van der Waals surface area (Å²) in [4.78, 5) is 16.1. The molecule has 28 heavy (non-hydrogen) atoms. The molecule has 0 saturated carbocycles. The lowest BCUT2D eigenvalue weighted by Gasteiger charge is -2.26. The highest BCUT2D eigenvalue weighted by Gasteiger charge is 2.23. The van der Waals surface area contributed by atoms with Crippen LogP contribution in [0.15, 0.2) is 34.9 Å². The van der Waals surface area contributed by atoms with Crippen molar-refractivity contribution in [3.05, 3.63) is 41.4 Å². The molecule has 1 aromatic heterocycles. The van der Waals surface area contributed by atoms with Crippen LogP contribution in [-0.2, 0) is 26.0 Å². The van der Waals surface area contributed by atoms with Gasteiger partial charge in [-0.1, -0.05) is 11.6 Å². The number of carbonyl (C=O) groups excluding carboxylic acids is 1. The van der Waals surface area contributed by atoms with Gasteiger partial charge in [0.25, 0.3) is 0 Å². The van der Waals surface area contributed by atoms with E-state index in [0.29, 0.717) is 49.4 Å². The maximum atomic E-state index is 12.2. The predicted molar refractivity (Wildman–Crippen MR) is 104 cm³/mol. The van der Waals surface area contributed by atoms with Gasteiger partial charge in [0.15, 0.2) is 11.7 Å². The Kier molecular flexibility index (Phi) is 7.06. The van der Waals surface area contributed by atoms with Crippen LogP contribution in [0.3, 0.4) is 0 Å². The second-order valence-electron chi connectivity index (χ2n) is 6.30. The molecular formula is C18H22ClN3O5S. The lowest BCUT2D eigenvalue weighted by Crippen LogP contribution is -2.43. The number of hydrogen-bond acceptors (Lipinski definition) is 6. The van der Waals surface area contributed by atoms with Crippen molar-refractivity contribution < 1.29 is 22.4 Å². The number of nitrogens with one attached hydrogen (secondary N) is 1. The molecule has 8 nitrogen and oxygen atoms in total. The average Bonchev–Trinajstić information content (AvgIpc) is 3.16. The summed E-state index contributed by atoms with van der Waals surface area (Å²) in [5, 5.41) is 3.27. The number of amides is 1. The smallest absolute Gasteiger partial charge is 0.220 e. The monoisotopic (exact) mass is 427 g/mol. The van der Waals surface area contributed by atoms with Crippen molar-refractivity contribution >= 4 is 27.5 Å². The molecule has 0 spiro atoms. The number of halogens is 1. The van der Waals surface area contributed by atoms with E-state index in [1.165, 1.54) is 4.31 Å². The number of nitrogens with zero attached hydrogens (tertiary/aromatic N) is 2. The number of ether oxygens (including phenoxy) is 1. The zero-order valence-electron chi connectivity index (χ0n) is 15.3. The molecule has 0 bridgehead atoms. The normalized spacial score (nSPS) is 15.5. The predicted octanol–water partition coefficient (Wildman–Crippen LogP) is 1.71. The Bertz CT molecular complexity index is 892. The van der Waals surface area contributed by atoms with Crippen LogP contribution in [0, 0.1) is 0 Å². The summed E-state index contributed by atoms with van der Waals surface area (Å²) < 4.78 is 36.6. The second-order valence-corrected chi connectivity index (χ2v) is 8.83. The van der Waals surface area contributed by atoms with E-state index >= 15 is 0 Å². The van der Waals surface area contributed by atoms with Crippen LogP contribution in [0.1, 0.15) is 12.3 Å². The lowest BCUT2D eigenvalue weighted by molar-refractivity contribution is -0.121. The van der Waals surface area contributed by atoms with Gasteiger partial charge in [-0.2, -0.15) is 4.31 Å². The number of aromatic nitrogens is 1. The number of benzene rings is 1. The van der Waals surface area contributed by atoms with Gasteiger partial charge in [-0.25, -0.2) is 13.4 Å². The molecule has 0 radical (unpaired) electrons. The average molecular weight is 428 g/mol. The molecular weight excluding hydrogens is 406 g/mol. The Morgan fingerprint density at radius 1 is 1.21 bits per heavy atom. The van der Waals surface area contributed by atoms with Gasteiger partial charge >= 0.3 is 0 Å². The summed E-state index contributed by atoms with van der Waals surface area (Å²) in [6.45, 7) is 1.59. The fourth-order valence-electron chi connectivity index (χ4n) is 2.76. The van der Waals surface area contributed by atoms with Crippen molar-refractivity contribution in [2.75, 3.05) is 38.6 Å². The Morgan fingerprint density at radius 2 is 1.93 bits per heavy atom. The van der Waals surface area contributed by atoms with Crippen molar-refractivity contribution in [1.29, 1.82) is 0 Å². The van der Waals surface area contributed by atoms with Crippen molar-refractivity contribution in [2.45, 2.75) is 12.8 Å².